The number of fused-ring (bicyclic) bond motifs is 1. The number of amides is 1. The summed E-state index contributed by atoms with van der Waals surface area (Å²) in [5.41, 5.74) is 6.80. The molecule has 0 aliphatic heterocycles. The fraction of sp³-hybridized carbons (Fsp3) is 0.120. The molecular weight excluding hydrogens is 392 g/mol. The summed E-state index contributed by atoms with van der Waals surface area (Å²) in [6, 6.07) is 26.3. The minimum atomic E-state index is -0.439. The highest BCUT2D eigenvalue weighted by Crippen LogP contribution is 2.23. The van der Waals surface area contributed by atoms with Gasteiger partial charge in [0.2, 0.25) is 11.4 Å². The van der Waals surface area contributed by atoms with Gasteiger partial charge in [-0.3, -0.25) is 4.79 Å². The second-order valence-electron chi connectivity index (χ2n) is 6.89. The van der Waals surface area contributed by atoms with Crippen LogP contribution < -0.4 is 19.8 Å². The van der Waals surface area contributed by atoms with Crippen molar-refractivity contribution in [3.05, 3.63) is 96.7 Å². The Labute approximate surface area is 180 Å². The smallest absolute Gasteiger partial charge is 0.253 e. The van der Waals surface area contributed by atoms with Crippen LogP contribution in [0.4, 0.5) is 0 Å². The SMILES string of the molecule is NC(=O)c1ccc2c(ccc[n+]2COCCOc2ccc(Oc3ccccc3)cc2)c1. The zero-order valence-electron chi connectivity index (χ0n) is 16.9. The normalized spacial score (nSPS) is 10.7. The fourth-order valence-corrected chi connectivity index (χ4v) is 3.16. The third kappa shape index (κ3) is 5.38. The van der Waals surface area contributed by atoms with Gasteiger partial charge in [-0.2, -0.15) is 4.57 Å². The predicted octanol–water partition coefficient (Wildman–Crippen LogP) is 4.07. The number of para-hydroxylation sites is 1. The molecule has 0 bridgehead atoms. The van der Waals surface area contributed by atoms with Gasteiger partial charge in [0.25, 0.3) is 6.73 Å². The number of ether oxygens (including phenoxy) is 3. The second kappa shape index (κ2) is 9.73. The number of nitrogens with zero attached hydrogens (tertiary/aromatic N) is 1. The molecule has 156 valence electrons. The van der Waals surface area contributed by atoms with Crippen LogP contribution in [-0.4, -0.2) is 19.1 Å². The highest BCUT2D eigenvalue weighted by molar-refractivity contribution is 5.96. The Morgan fingerprint density at radius 2 is 1.55 bits per heavy atom. The van der Waals surface area contributed by atoms with Gasteiger partial charge >= 0.3 is 0 Å². The van der Waals surface area contributed by atoms with Crippen molar-refractivity contribution in [1.29, 1.82) is 0 Å². The van der Waals surface area contributed by atoms with Crippen molar-refractivity contribution in [1.82, 2.24) is 0 Å². The van der Waals surface area contributed by atoms with Gasteiger partial charge in [-0.05, 0) is 54.6 Å². The van der Waals surface area contributed by atoms with E-state index >= 15 is 0 Å². The lowest BCUT2D eigenvalue weighted by atomic mass is 10.1. The maximum atomic E-state index is 11.4. The molecule has 0 aliphatic rings. The van der Waals surface area contributed by atoms with E-state index in [0.717, 1.165) is 28.2 Å². The Morgan fingerprint density at radius 1 is 0.806 bits per heavy atom. The van der Waals surface area contributed by atoms with Gasteiger partial charge in [-0.15, -0.1) is 0 Å². The third-order valence-electron chi connectivity index (χ3n) is 4.69. The van der Waals surface area contributed by atoms with Gasteiger partial charge in [0.15, 0.2) is 6.20 Å². The zero-order valence-corrected chi connectivity index (χ0v) is 16.9. The number of benzene rings is 3. The van der Waals surface area contributed by atoms with Crippen molar-refractivity contribution in [2.24, 2.45) is 5.73 Å². The van der Waals surface area contributed by atoms with Crippen molar-refractivity contribution in [3.63, 3.8) is 0 Å². The summed E-state index contributed by atoms with van der Waals surface area (Å²) in [5.74, 6) is 1.86. The average Bonchev–Trinajstić information content (AvgIpc) is 2.80. The van der Waals surface area contributed by atoms with Crippen molar-refractivity contribution in [2.45, 2.75) is 6.73 Å². The summed E-state index contributed by atoms with van der Waals surface area (Å²) in [6.45, 7) is 1.24. The van der Waals surface area contributed by atoms with Gasteiger partial charge in [0, 0.05) is 23.1 Å². The number of carbonyl (C=O) groups excluding carboxylic acids is 1. The molecule has 3 aromatic carbocycles. The first-order valence-electron chi connectivity index (χ1n) is 9.94. The van der Waals surface area contributed by atoms with E-state index < -0.39 is 5.91 Å². The topological polar surface area (TPSA) is 74.7 Å². The maximum absolute atomic E-state index is 11.4. The molecule has 4 aromatic rings. The van der Waals surface area contributed by atoms with Crippen LogP contribution >= 0.6 is 0 Å². The lowest BCUT2D eigenvalue weighted by Crippen LogP contribution is -2.36. The molecule has 0 fully saturated rings. The summed E-state index contributed by atoms with van der Waals surface area (Å²) in [5, 5.41) is 0.927. The molecule has 1 amide bonds. The van der Waals surface area contributed by atoms with Crippen molar-refractivity contribution in [3.8, 4) is 17.2 Å². The Hall–Kier alpha value is -3.90. The van der Waals surface area contributed by atoms with Crippen LogP contribution in [0.1, 0.15) is 10.4 Å². The van der Waals surface area contributed by atoms with E-state index in [1.54, 1.807) is 12.1 Å². The molecular formula is C25H23N2O4+. The first-order valence-corrected chi connectivity index (χ1v) is 9.94. The number of hydrogen-bond acceptors (Lipinski definition) is 4. The molecule has 0 saturated heterocycles. The van der Waals surface area contributed by atoms with Gasteiger partial charge in [-0.1, -0.05) is 18.2 Å². The van der Waals surface area contributed by atoms with Gasteiger partial charge in [-0.25, -0.2) is 0 Å². The molecule has 0 saturated carbocycles. The molecule has 0 atom stereocenters. The van der Waals surface area contributed by atoms with E-state index in [1.165, 1.54) is 0 Å². The molecule has 6 heteroatoms. The minimum absolute atomic E-state index is 0.375. The Morgan fingerprint density at radius 3 is 2.32 bits per heavy atom. The number of rotatable bonds is 9. The number of nitrogens with two attached hydrogens (primary N) is 1. The van der Waals surface area contributed by atoms with Crippen LogP contribution in [-0.2, 0) is 11.5 Å². The Bertz CT molecular complexity index is 1160. The van der Waals surface area contributed by atoms with Crippen molar-refractivity contribution >= 4 is 16.8 Å². The number of primary amides is 1. The van der Waals surface area contributed by atoms with E-state index in [4.69, 9.17) is 19.9 Å². The summed E-state index contributed by atoms with van der Waals surface area (Å²) < 4.78 is 19.2. The Balaban J connectivity index is 1.25. The number of hydrogen-bond donors (Lipinski definition) is 1. The molecule has 1 heterocycles. The Kier molecular flexibility index (Phi) is 6.40. The molecule has 0 unspecified atom stereocenters. The molecule has 6 nitrogen and oxygen atoms in total. The van der Waals surface area contributed by atoms with E-state index in [0.29, 0.717) is 25.5 Å². The van der Waals surface area contributed by atoms with Crippen LogP contribution in [0.15, 0.2) is 91.1 Å². The summed E-state index contributed by atoms with van der Waals surface area (Å²) >= 11 is 0. The fourth-order valence-electron chi connectivity index (χ4n) is 3.16. The molecule has 0 radical (unpaired) electrons. The van der Waals surface area contributed by atoms with E-state index in [-0.39, 0.29) is 0 Å². The van der Waals surface area contributed by atoms with Gasteiger partial charge < -0.3 is 19.9 Å². The quantitative estimate of drug-likeness (QED) is 0.330. The van der Waals surface area contributed by atoms with Gasteiger partial charge in [0.05, 0.1) is 6.61 Å². The first-order chi connectivity index (χ1) is 15.2. The number of aromatic nitrogens is 1. The predicted molar refractivity (Wildman–Crippen MR) is 117 cm³/mol. The van der Waals surface area contributed by atoms with Crippen LogP contribution in [0.2, 0.25) is 0 Å². The molecule has 0 aliphatic carbocycles. The van der Waals surface area contributed by atoms with E-state index in [2.05, 4.69) is 0 Å². The van der Waals surface area contributed by atoms with E-state index in [9.17, 15) is 4.79 Å². The number of carbonyl (C=O) groups is 1. The lowest BCUT2D eigenvalue weighted by Gasteiger charge is -2.08. The van der Waals surface area contributed by atoms with Crippen LogP contribution in [0.5, 0.6) is 17.2 Å². The largest absolute Gasteiger partial charge is 0.491 e. The van der Waals surface area contributed by atoms with Gasteiger partial charge in [0.1, 0.15) is 23.9 Å². The van der Waals surface area contributed by atoms with Crippen LogP contribution in [0, 0.1) is 0 Å². The molecule has 0 spiro atoms. The molecule has 1 aromatic heterocycles. The van der Waals surface area contributed by atoms with Crippen LogP contribution in [0.3, 0.4) is 0 Å². The lowest BCUT2D eigenvalue weighted by molar-refractivity contribution is -0.709. The highest BCUT2D eigenvalue weighted by Gasteiger charge is 2.10. The number of pyridine rings is 1. The first kappa shape index (κ1) is 20.4. The summed E-state index contributed by atoms with van der Waals surface area (Å²) in [4.78, 5) is 11.4. The second-order valence-corrected chi connectivity index (χ2v) is 6.89. The molecule has 4 rings (SSSR count). The third-order valence-corrected chi connectivity index (χ3v) is 4.69. The zero-order chi connectivity index (χ0) is 21.5. The minimum Gasteiger partial charge on any atom is -0.491 e. The maximum Gasteiger partial charge on any atom is 0.253 e. The van der Waals surface area contributed by atoms with Crippen molar-refractivity contribution < 1.29 is 23.6 Å². The van der Waals surface area contributed by atoms with Crippen LogP contribution in [0.25, 0.3) is 10.9 Å². The molecule has 2 N–H and O–H groups in total. The summed E-state index contributed by atoms with van der Waals surface area (Å²) in [7, 11) is 0. The van der Waals surface area contributed by atoms with Crippen molar-refractivity contribution in [2.75, 3.05) is 13.2 Å². The standard InChI is InChI=1S/C25H22N2O4/c26-25(28)20-8-13-24-19(17-20)5-4-14-27(24)18-29-15-16-30-21-9-11-23(12-10-21)31-22-6-2-1-3-7-22/h1-14,17H,15-16,18H2,(H-,26,28)/p+1. The summed E-state index contributed by atoms with van der Waals surface area (Å²) in [6.07, 6.45) is 1.93. The highest BCUT2D eigenvalue weighted by atomic mass is 16.5. The average molecular weight is 415 g/mol. The van der Waals surface area contributed by atoms with E-state index in [1.807, 2.05) is 83.6 Å². The molecule has 31 heavy (non-hydrogen) atoms. The monoisotopic (exact) mass is 415 g/mol.